The van der Waals surface area contributed by atoms with E-state index in [1.165, 1.54) is 0 Å². The van der Waals surface area contributed by atoms with Crippen LogP contribution in [0.3, 0.4) is 0 Å². The van der Waals surface area contributed by atoms with E-state index in [9.17, 15) is 9.59 Å². The highest BCUT2D eigenvalue weighted by atomic mass is 32.2. The third kappa shape index (κ3) is 5.10. The summed E-state index contributed by atoms with van der Waals surface area (Å²) < 4.78 is 11.9. The Kier molecular flexibility index (Phi) is 6.15. The molecule has 3 aromatic carbocycles. The number of carbonyl (C=O) groups excluding carboxylic acids is 2. The van der Waals surface area contributed by atoms with E-state index in [4.69, 9.17) is 9.47 Å². The van der Waals surface area contributed by atoms with E-state index in [0.29, 0.717) is 35.2 Å². The van der Waals surface area contributed by atoms with Crippen molar-refractivity contribution in [3.63, 3.8) is 0 Å². The number of nitrogens with one attached hydrogen (secondary N) is 1. The molecular weight excluding hydrogens is 398 g/mol. The molecule has 1 saturated heterocycles. The van der Waals surface area contributed by atoms with E-state index in [1.54, 1.807) is 12.1 Å². The summed E-state index contributed by atoms with van der Waals surface area (Å²) in [5.41, 5.74) is 2.79. The van der Waals surface area contributed by atoms with Crippen molar-refractivity contribution in [2.75, 3.05) is 0 Å². The van der Waals surface area contributed by atoms with Crippen LogP contribution in [0.4, 0.5) is 4.79 Å². The molecule has 0 aromatic heterocycles. The van der Waals surface area contributed by atoms with Crippen LogP contribution >= 0.6 is 11.8 Å². The van der Waals surface area contributed by atoms with Gasteiger partial charge in [-0.05, 0) is 41.1 Å². The molecule has 0 bridgehead atoms. The van der Waals surface area contributed by atoms with Crippen LogP contribution in [0, 0.1) is 0 Å². The molecule has 6 heteroatoms. The minimum Gasteiger partial charge on any atom is -0.489 e. The third-order valence-electron chi connectivity index (χ3n) is 4.40. The summed E-state index contributed by atoms with van der Waals surface area (Å²) in [7, 11) is 0. The molecule has 0 unspecified atom stereocenters. The van der Waals surface area contributed by atoms with Crippen LogP contribution in [-0.2, 0) is 18.0 Å². The van der Waals surface area contributed by atoms with Gasteiger partial charge in [0.15, 0.2) is 0 Å². The number of thioether (sulfide) groups is 1. The maximum atomic E-state index is 11.9. The fourth-order valence-corrected chi connectivity index (χ4v) is 3.56. The monoisotopic (exact) mass is 417 g/mol. The largest absolute Gasteiger partial charge is 0.489 e. The molecule has 1 heterocycles. The average molecular weight is 417 g/mol. The van der Waals surface area contributed by atoms with E-state index in [1.807, 2.05) is 72.8 Å². The number of carbonyl (C=O) groups is 2. The van der Waals surface area contributed by atoms with Gasteiger partial charge in [0.2, 0.25) is 0 Å². The van der Waals surface area contributed by atoms with Crippen LogP contribution in [0.2, 0.25) is 0 Å². The molecule has 2 amide bonds. The first-order valence-electron chi connectivity index (χ1n) is 9.40. The molecule has 0 saturated carbocycles. The van der Waals surface area contributed by atoms with E-state index in [2.05, 4.69) is 5.32 Å². The third-order valence-corrected chi connectivity index (χ3v) is 5.21. The Hall–Kier alpha value is -3.51. The van der Waals surface area contributed by atoms with Gasteiger partial charge >= 0.3 is 0 Å². The minimum atomic E-state index is -0.400. The first kappa shape index (κ1) is 19.8. The lowest BCUT2D eigenvalue weighted by molar-refractivity contribution is -0.115. The molecule has 1 N–H and O–H groups in total. The second-order valence-corrected chi connectivity index (χ2v) is 7.62. The molecule has 150 valence electrons. The lowest BCUT2D eigenvalue weighted by Gasteiger charge is -2.13. The van der Waals surface area contributed by atoms with Gasteiger partial charge in [0, 0.05) is 11.6 Å². The zero-order valence-corrected chi connectivity index (χ0v) is 16.9. The van der Waals surface area contributed by atoms with Crippen molar-refractivity contribution in [2.45, 2.75) is 13.2 Å². The molecule has 30 heavy (non-hydrogen) atoms. The van der Waals surface area contributed by atoms with Gasteiger partial charge in [0.25, 0.3) is 11.1 Å². The Bertz CT molecular complexity index is 1080. The fourth-order valence-electron chi connectivity index (χ4n) is 2.89. The van der Waals surface area contributed by atoms with Crippen molar-refractivity contribution >= 4 is 29.0 Å². The van der Waals surface area contributed by atoms with Crippen molar-refractivity contribution in [1.82, 2.24) is 5.32 Å². The summed E-state index contributed by atoms with van der Waals surface area (Å²) in [5, 5.41) is 1.89. The van der Waals surface area contributed by atoms with E-state index >= 15 is 0 Å². The molecule has 1 fully saturated rings. The Balaban J connectivity index is 1.57. The molecule has 0 spiro atoms. The lowest BCUT2D eigenvalue weighted by Crippen LogP contribution is -2.17. The first-order valence-corrected chi connectivity index (χ1v) is 10.2. The summed E-state index contributed by atoms with van der Waals surface area (Å²) in [6.07, 6.45) is 1.66. The zero-order valence-electron chi connectivity index (χ0n) is 16.0. The quantitative estimate of drug-likeness (QED) is 0.538. The fraction of sp³-hybridized carbons (Fsp3) is 0.0833. The van der Waals surface area contributed by atoms with Crippen molar-refractivity contribution in [3.05, 3.63) is 100 Å². The Morgan fingerprint density at radius 1 is 0.800 bits per heavy atom. The lowest BCUT2D eigenvalue weighted by atomic mass is 10.1. The molecule has 0 radical (unpaired) electrons. The van der Waals surface area contributed by atoms with Gasteiger partial charge in [0.05, 0.1) is 4.91 Å². The van der Waals surface area contributed by atoms with Gasteiger partial charge < -0.3 is 9.47 Å². The molecule has 5 nitrogen and oxygen atoms in total. The predicted octanol–water partition coefficient (Wildman–Crippen LogP) is 5.17. The average Bonchev–Trinajstić information content (AvgIpc) is 3.10. The number of imide groups is 1. The zero-order chi connectivity index (χ0) is 20.8. The first-order chi connectivity index (χ1) is 14.7. The molecule has 3 aromatic rings. The number of ether oxygens (including phenoxy) is 2. The van der Waals surface area contributed by atoms with Crippen LogP contribution in [-0.4, -0.2) is 11.1 Å². The maximum absolute atomic E-state index is 11.9. The number of amides is 2. The van der Waals surface area contributed by atoms with Gasteiger partial charge in [-0.3, -0.25) is 14.9 Å². The molecule has 4 rings (SSSR count). The highest BCUT2D eigenvalue weighted by Gasteiger charge is 2.25. The topological polar surface area (TPSA) is 64.6 Å². The number of rotatable bonds is 7. The van der Waals surface area contributed by atoms with E-state index in [-0.39, 0.29) is 5.24 Å². The summed E-state index contributed by atoms with van der Waals surface area (Å²) in [4.78, 5) is 23.7. The molecule has 0 atom stereocenters. The summed E-state index contributed by atoms with van der Waals surface area (Å²) in [6.45, 7) is 0.809. The summed E-state index contributed by atoms with van der Waals surface area (Å²) >= 11 is 0.878. The van der Waals surface area contributed by atoms with Gasteiger partial charge in [-0.2, -0.15) is 0 Å². The molecule has 0 aliphatic carbocycles. The SMILES string of the molecule is O=C1NC(=O)/C(=C/c2ccc(OCc3ccccc3)cc2OCc2ccccc2)S1. The van der Waals surface area contributed by atoms with E-state index < -0.39 is 5.91 Å². The summed E-state index contributed by atoms with van der Waals surface area (Å²) in [5.74, 6) is 0.830. The molecule has 1 aliphatic rings. The molecular formula is C24H19NO4S. The van der Waals surface area contributed by atoms with Gasteiger partial charge in [-0.1, -0.05) is 60.7 Å². The van der Waals surface area contributed by atoms with Gasteiger partial charge in [-0.25, -0.2) is 0 Å². The van der Waals surface area contributed by atoms with Gasteiger partial charge in [-0.15, -0.1) is 0 Å². The normalized spacial score (nSPS) is 14.6. The smallest absolute Gasteiger partial charge is 0.290 e. The summed E-state index contributed by atoms with van der Waals surface area (Å²) in [6, 6.07) is 25.1. The highest BCUT2D eigenvalue weighted by Crippen LogP contribution is 2.32. The van der Waals surface area contributed by atoms with Crippen molar-refractivity contribution in [3.8, 4) is 11.5 Å². The Morgan fingerprint density at radius 2 is 1.43 bits per heavy atom. The highest BCUT2D eigenvalue weighted by molar-refractivity contribution is 8.18. The number of hydrogen-bond donors (Lipinski definition) is 1. The number of hydrogen-bond acceptors (Lipinski definition) is 5. The minimum absolute atomic E-state index is 0.336. The van der Waals surface area contributed by atoms with Crippen molar-refractivity contribution in [2.24, 2.45) is 0 Å². The van der Waals surface area contributed by atoms with E-state index in [0.717, 1.165) is 22.9 Å². The number of benzene rings is 3. The predicted molar refractivity (Wildman–Crippen MR) is 117 cm³/mol. The molecule has 1 aliphatic heterocycles. The van der Waals surface area contributed by atoms with Crippen LogP contribution in [0.15, 0.2) is 83.8 Å². The standard InChI is InChI=1S/C24H19NO4S/c26-23-22(30-24(27)25-23)13-19-11-12-20(28-15-17-7-3-1-4-8-17)14-21(19)29-16-18-9-5-2-6-10-18/h1-14H,15-16H2,(H,25,26,27)/b22-13-. The van der Waals surface area contributed by atoms with Crippen LogP contribution < -0.4 is 14.8 Å². The van der Waals surface area contributed by atoms with Crippen molar-refractivity contribution < 1.29 is 19.1 Å². The van der Waals surface area contributed by atoms with Crippen LogP contribution in [0.25, 0.3) is 6.08 Å². The van der Waals surface area contributed by atoms with Crippen molar-refractivity contribution in [1.29, 1.82) is 0 Å². The Labute approximate surface area is 178 Å². The van der Waals surface area contributed by atoms with Gasteiger partial charge in [0.1, 0.15) is 24.7 Å². The Morgan fingerprint density at radius 3 is 2.03 bits per heavy atom. The van der Waals surface area contributed by atoms with Crippen LogP contribution in [0.1, 0.15) is 16.7 Å². The second kappa shape index (κ2) is 9.33. The van der Waals surface area contributed by atoms with Crippen LogP contribution in [0.5, 0.6) is 11.5 Å². The second-order valence-electron chi connectivity index (χ2n) is 6.60. The maximum Gasteiger partial charge on any atom is 0.290 e.